The van der Waals surface area contributed by atoms with Crippen LogP contribution in [0.5, 0.6) is 0 Å². The lowest BCUT2D eigenvalue weighted by Crippen LogP contribution is -2.30. The Morgan fingerprint density at radius 2 is 0.500 bits per heavy atom. The lowest BCUT2D eigenvalue weighted by Gasteiger charge is -2.21. The zero-order valence-electron chi connectivity index (χ0n) is 66.3. The van der Waals surface area contributed by atoms with Crippen molar-refractivity contribution in [3.05, 3.63) is 146 Å². The van der Waals surface area contributed by atoms with Gasteiger partial charge in [-0.1, -0.05) is 289 Å². The number of esters is 4. The second-order valence-electron chi connectivity index (χ2n) is 26.9. The van der Waals surface area contributed by atoms with E-state index in [1.807, 2.05) is 12.2 Å². The number of allylic oxidation sites excluding steroid dienone is 24. The summed E-state index contributed by atoms with van der Waals surface area (Å²) in [4.78, 5) is 73.1. The molecule has 0 heterocycles. The van der Waals surface area contributed by atoms with E-state index < -0.39 is 97.5 Å². The average Bonchev–Trinajstić information content (AvgIpc) is 0.902. The quantitative estimate of drug-likeness (QED) is 0.0169. The highest BCUT2D eigenvalue weighted by molar-refractivity contribution is 7.47. The van der Waals surface area contributed by atoms with E-state index in [4.69, 9.17) is 37.0 Å². The Bertz CT molecular complexity index is 2580. The van der Waals surface area contributed by atoms with Crippen LogP contribution in [0.2, 0.25) is 0 Å². The van der Waals surface area contributed by atoms with Crippen LogP contribution in [0.25, 0.3) is 0 Å². The van der Waals surface area contributed by atoms with Gasteiger partial charge < -0.3 is 33.8 Å². The number of ether oxygens (including phenoxy) is 4. The second kappa shape index (κ2) is 78.1. The molecule has 0 bridgehead atoms. The maximum absolute atomic E-state index is 13.1. The molecule has 0 amide bonds. The number of carbonyl (C=O) groups is 4. The lowest BCUT2D eigenvalue weighted by atomic mass is 10.1. The van der Waals surface area contributed by atoms with E-state index in [-0.39, 0.29) is 25.7 Å². The summed E-state index contributed by atoms with van der Waals surface area (Å²) in [7, 11) is -9.99. The topological polar surface area (TPSA) is 237 Å². The first-order chi connectivity index (χ1) is 51.7. The van der Waals surface area contributed by atoms with Crippen molar-refractivity contribution in [3.8, 4) is 0 Å². The molecule has 19 heteroatoms. The van der Waals surface area contributed by atoms with Gasteiger partial charge in [-0.15, -0.1) is 0 Å². The summed E-state index contributed by atoms with van der Waals surface area (Å²) in [5.41, 5.74) is 0. The van der Waals surface area contributed by atoms with Gasteiger partial charge in [-0.3, -0.25) is 37.3 Å². The summed E-state index contributed by atoms with van der Waals surface area (Å²) in [5, 5.41) is 10.7. The summed E-state index contributed by atoms with van der Waals surface area (Å²) in [6.07, 6.45) is 89.6. The fraction of sp³-hybridized carbons (Fsp3) is 0.678. The molecule has 5 atom stereocenters. The van der Waals surface area contributed by atoms with Crippen molar-refractivity contribution in [3.63, 3.8) is 0 Å². The minimum Gasteiger partial charge on any atom is -0.462 e. The van der Waals surface area contributed by atoms with Crippen LogP contribution in [0.15, 0.2) is 146 Å². The van der Waals surface area contributed by atoms with Gasteiger partial charge in [-0.2, -0.15) is 0 Å². The number of hydrogen-bond acceptors (Lipinski definition) is 15. The molecule has 0 saturated carbocycles. The number of phosphoric acid groups is 2. The molecule has 0 aromatic heterocycles. The van der Waals surface area contributed by atoms with Crippen LogP contribution in [-0.2, 0) is 65.4 Å². The number of hydrogen-bond donors (Lipinski definition) is 3. The lowest BCUT2D eigenvalue weighted by molar-refractivity contribution is -0.161. The van der Waals surface area contributed by atoms with Gasteiger partial charge in [-0.25, -0.2) is 9.13 Å². The molecule has 0 radical (unpaired) electrons. The molecule has 3 N–H and O–H groups in total. The van der Waals surface area contributed by atoms with Crippen molar-refractivity contribution in [1.29, 1.82) is 0 Å². The van der Waals surface area contributed by atoms with Crippen LogP contribution in [-0.4, -0.2) is 96.7 Å². The molecule has 0 aromatic rings. The van der Waals surface area contributed by atoms with E-state index in [1.165, 1.54) is 38.5 Å². The molecular formula is C87H146O17P2. The molecule has 0 aliphatic carbocycles. The van der Waals surface area contributed by atoms with Gasteiger partial charge in [0.1, 0.15) is 19.3 Å². The smallest absolute Gasteiger partial charge is 0.462 e. The number of unbranched alkanes of at least 4 members (excludes halogenated alkanes) is 26. The predicted molar refractivity (Wildman–Crippen MR) is 436 cm³/mol. The molecule has 0 aromatic carbocycles. The number of aliphatic hydroxyl groups is 1. The normalized spacial score (nSPS) is 14.6. The van der Waals surface area contributed by atoms with Crippen LogP contribution in [0.4, 0.5) is 0 Å². The molecule has 0 fully saturated rings. The van der Waals surface area contributed by atoms with E-state index in [9.17, 15) is 43.2 Å². The van der Waals surface area contributed by atoms with Crippen molar-refractivity contribution in [2.45, 2.75) is 341 Å². The first-order valence-electron chi connectivity index (χ1n) is 41.1. The van der Waals surface area contributed by atoms with E-state index in [0.29, 0.717) is 32.1 Å². The van der Waals surface area contributed by atoms with Gasteiger partial charge in [0.15, 0.2) is 12.2 Å². The maximum Gasteiger partial charge on any atom is 0.472 e. The molecule has 0 spiro atoms. The van der Waals surface area contributed by atoms with E-state index in [1.54, 1.807) is 0 Å². The molecule has 0 saturated heterocycles. The third-order valence-corrected chi connectivity index (χ3v) is 18.7. The Kier molecular flexibility index (Phi) is 74.3. The largest absolute Gasteiger partial charge is 0.472 e. The Morgan fingerprint density at radius 3 is 0.802 bits per heavy atom. The van der Waals surface area contributed by atoms with Crippen molar-refractivity contribution in [2.24, 2.45) is 0 Å². The van der Waals surface area contributed by atoms with Crippen molar-refractivity contribution in [1.82, 2.24) is 0 Å². The predicted octanol–water partition coefficient (Wildman–Crippen LogP) is 24.2. The monoisotopic (exact) mass is 1530 g/mol. The number of phosphoric ester groups is 2. The van der Waals surface area contributed by atoms with Gasteiger partial charge in [0.25, 0.3) is 0 Å². The zero-order valence-corrected chi connectivity index (χ0v) is 68.1. The van der Waals surface area contributed by atoms with Crippen molar-refractivity contribution >= 4 is 39.5 Å². The Hall–Kier alpha value is -5.06. The first-order valence-corrected chi connectivity index (χ1v) is 44.1. The third kappa shape index (κ3) is 77.1. The Balaban J connectivity index is 5.44. The molecule has 106 heavy (non-hydrogen) atoms. The summed E-state index contributed by atoms with van der Waals surface area (Å²) in [5.74, 6) is -2.27. The molecular weight excluding hydrogens is 1380 g/mol. The van der Waals surface area contributed by atoms with Crippen molar-refractivity contribution < 1.29 is 80.2 Å². The van der Waals surface area contributed by atoms with E-state index in [0.717, 1.165) is 199 Å². The number of rotatable bonds is 76. The average molecular weight is 1530 g/mol. The minimum absolute atomic E-state index is 0.0673. The summed E-state index contributed by atoms with van der Waals surface area (Å²) in [6, 6.07) is 0. The first kappa shape index (κ1) is 101. The summed E-state index contributed by atoms with van der Waals surface area (Å²) < 4.78 is 68.7. The van der Waals surface area contributed by atoms with E-state index in [2.05, 4.69) is 161 Å². The molecule has 0 aliphatic heterocycles. The number of aliphatic hydroxyl groups excluding tert-OH is 1. The molecule has 0 aliphatic rings. The van der Waals surface area contributed by atoms with Crippen LogP contribution in [0, 0.1) is 0 Å². The SMILES string of the molecule is CC/C=C\C/C=C\C/C=C\C/C=C\C/C=C\CCCC(=O)OCC(COP(=O)(O)OCC(O)COP(=O)(O)OCC(COC(=O)CCCCCCCCC/C=C\C/C=C\C/C=C\CC)OC(=O)CCCCCCC/C=C\CCCCCCCC)OC(=O)CCCCCCCCC/C=C\C/C=C\C/C=C\CC. The van der Waals surface area contributed by atoms with Gasteiger partial charge in [0.05, 0.1) is 26.4 Å². The number of carbonyl (C=O) groups excluding carboxylic acids is 4. The summed E-state index contributed by atoms with van der Waals surface area (Å²) in [6.45, 7) is 4.46. The molecule has 5 unspecified atom stereocenters. The highest BCUT2D eigenvalue weighted by atomic mass is 31.2. The standard InChI is InChI=1S/C87H146O17P2/c1-5-9-13-17-21-25-29-33-37-40-44-47-51-55-59-63-67-71-84(89)97-77-82(103-86(91)73-69-65-61-57-53-49-43-36-32-28-24-20-16-12-8-4)79-101-105(93,94)99-75-81(88)76-100-106(95,96)102-80-83(104-87(92)74-70-66-62-58-54-50-46-42-39-35-31-27-23-19-15-11-7-3)78-98-85(90)72-68-64-60-56-52-48-45-41-38-34-30-26-22-18-14-10-6-2/h9-11,13-15,21-23,25-27,33-39,43,45,48,56,60,81-83,88H,5-8,12,16-20,24,28-32,40-42,44,46-47,49-55,57-59,61-80H2,1-4H3,(H,93,94)(H,95,96)/b13-9-,14-10-,15-11-,25-21-,26-22-,27-23-,37-33-,38-34-,39-35-,43-36-,48-45-,60-56-. The van der Waals surface area contributed by atoms with Crippen LogP contribution >= 0.6 is 15.6 Å². The molecule has 0 rings (SSSR count). The second-order valence-corrected chi connectivity index (χ2v) is 29.8. The fourth-order valence-corrected chi connectivity index (χ4v) is 12.2. The van der Waals surface area contributed by atoms with Crippen LogP contribution in [0.1, 0.15) is 323 Å². The van der Waals surface area contributed by atoms with Gasteiger partial charge in [0, 0.05) is 25.7 Å². The molecule has 17 nitrogen and oxygen atoms in total. The van der Waals surface area contributed by atoms with Gasteiger partial charge in [0.2, 0.25) is 0 Å². The maximum atomic E-state index is 13.1. The van der Waals surface area contributed by atoms with E-state index >= 15 is 0 Å². The van der Waals surface area contributed by atoms with Gasteiger partial charge >= 0.3 is 39.5 Å². The van der Waals surface area contributed by atoms with Gasteiger partial charge in [-0.05, 0) is 154 Å². The highest BCUT2D eigenvalue weighted by Crippen LogP contribution is 2.45. The fourth-order valence-electron chi connectivity index (χ4n) is 10.6. The minimum atomic E-state index is -5.00. The Labute approximate surface area is 643 Å². The van der Waals surface area contributed by atoms with Crippen LogP contribution in [0.3, 0.4) is 0 Å². The summed E-state index contributed by atoms with van der Waals surface area (Å²) >= 11 is 0. The highest BCUT2D eigenvalue weighted by Gasteiger charge is 2.30. The van der Waals surface area contributed by atoms with Crippen molar-refractivity contribution in [2.75, 3.05) is 39.6 Å². The third-order valence-electron chi connectivity index (χ3n) is 16.8. The zero-order chi connectivity index (χ0) is 77.4. The van der Waals surface area contributed by atoms with Crippen LogP contribution < -0.4 is 0 Å². The Morgan fingerprint density at radius 1 is 0.274 bits per heavy atom. The molecule has 606 valence electrons.